The smallest absolute Gasteiger partial charge is 0.293 e. The van der Waals surface area contributed by atoms with Crippen LogP contribution in [0.3, 0.4) is 0 Å². The van der Waals surface area contributed by atoms with E-state index in [4.69, 9.17) is 9.47 Å². The minimum Gasteiger partial charge on any atom is -0.494 e. The Morgan fingerprint density at radius 3 is 2.56 bits per heavy atom. The van der Waals surface area contributed by atoms with Crippen molar-refractivity contribution >= 4 is 0 Å². The Balaban J connectivity index is 2.20. The van der Waals surface area contributed by atoms with Gasteiger partial charge in [-0.2, -0.15) is 0 Å². The second-order valence-corrected chi connectivity index (χ2v) is 3.26. The highest BCUT2D eigenvalue weighted by atomic mass is 16.5. The molecule has 1 aromatic carbocycles. The monoisotopic (exact) mass is 218 g/mol. The van der Waals surface area contributed by atoms with Crippen LogP contribution < -0.4 is 9.47 Å². The summed E-state index contributed by atoms with van der Waals surface area (Å²) in [6.07, 6.45) is 1.74. The van der Waals surface area contributed by atoms with Crippen LogP contribution in [-0.2, 0) is 0 Å². The largest absolute Gasteiger partial charge is 0.494 e. The van der Waals surface area contributed by atoms with Crippen LogP contribution in [0.2, 0.25) is 0 Å². The van der Waals surface area contributed by atoms with Crippen molar-refractivity contribution in [3.8, 4) is 23.0 Å². The average molecular weight is 218 g/mol. The summed E-state index contributed by atoms with van der Waals surface area (Å²) in [5.74, 6) is 0.873. The van der Waals surface area contributed by atoms with Crippen LogP contribution >= 0.6 is 0 Å². The lowest BCUT2D eigenvalue weighted by molar-refractivity contribution is 0.340. The van der Waals surface area contributed by atoms with Crippen molar-refractivity contribution < 1.29 is 9.47 Å². The van der Waals surface area contributed by atoms with Gasteiger partial charge in [0.25, 0.3) is 6.01 Å². The maximum absolute atomic E-state index is 5.37. The van der Waals surface area contributed by atoms with Crippen LogP contribution in [0.4, 0.5) is 0 Å². The molecule has 0 bridgehead atoms. The van der Waals surface area contributed by atoms with Gasteiger partial charge in [-0.1, -0.05) is 0 Å². The van der Waals surface area contributed by atoms with Gasteiger partial charge in [-0.25, -0.2) is 4.98 Å². The lowest BCUT2D eigenvalue weighted by atomic mass is 10.2. The van der Waals surface area contributed by atoms with Gasteiger partial charge in [-0.15, -0.1) is 0 Å². The van der Waals surface area contributed by atoms with Gasteiger partial charge in [0.1, 0.15) is 5.75 Å². The number of rotatable bonds is 4. The number of nitrogens with zero attached hydrogens (tertiary/aromatic N) is 1. The Morgan fingerprint density at radius 2 is 2.00 bits per heavy atom. The van der Waals surface area contributed by atoms with Gasteiger partial charge in [0, 0.05) is 0 Å². The van der Waals surface area contributed by atoms with Gasteiger partial charge in [-0.3, -0.25) is 0 Å². The number of imidazole rings is 1. The van der Waals surface area contributed by atoms with Crippen molar-refractivity contribution in [2.24, 2.45) is 0 Å². The van der Waals surface area contributed by atoms with E-state index in [1.54, 1.807) is 13.3 Å². The highest BCUT2D eigenvalue weighted by Crippen LogP contribution is 2.22. The van der Waals surface area contributed by atoms with Gasteiger partial charge in [0.2, 0.25) is 0 Å². The summed E-state index contributed by atoms with van der Waals surface area (Å²) >= 11 is 0. The van der Waals surface area contributed by atoms with Crippen molar-refractivity contribution in [2.45, 2.75) is 6.92 Å². The molecule has 0 saturated carbocycles. The number of hydrogen-bond acceptors (Lipinski definition) is 3. The fraction of sp³-hybridized carbons (Fsp3) is 0.250. The first kappa shape index (κ1) is 10.5. The fourth-order valence-electron chi connectivity index (χ4n) is 1.45. The number of hydrogen-bond donors (Lipinski definition) is 1. The topological polar surface area (TPSA) is 47.1 Å². The van der Waals surface area contributed by atoms with E-state index in [9.17, 15) is 0 Å². The molecule has 0 aliphatic heterocycles. The van der Waals surface area contributed by atoms with Crippen LogP contribution in [-0.4, -0.2) is 23.7 Å². The Kier molecular flexibility index (Phi) is 3.10. The molecule has 84 valence electrons. The predicted octanol–water partition coefficient (Wildman–Crippen LogP) is 2.48. The molecule has 4 heteroatoms. The molecule has 0 saturated heterocycles. The number of nitrogens with one attached hydrogen (secondary N) is 1. The van der Waals surface area contributed by atoms with Crippen molar-refractivity contribution in [3.63, 3.8) is 0 Å². The van der Waals surface area contributed by atoms with Gasteiger partial charge in [-0.05, 0) is 36.8 Å². The van der Waals surface area contributed by atoms with Gasteiger partial charge >= 0.3 is 0 Å². The summed E-state index contributed by atoms with van der Waals surface area (Å²) in [6, 6.07) is 8.36. The molecule has 2 aromatic rings. The van der Waals surface area contributed by atoms with Crippen molar-refractivity contribution in [2.75, 3.05) is 13.7 Å². The molecule has 4 nitrogen and oxygen atoms in total. The maximum atomic E-state index is 5.37. The molecule has 0 spiro atoms. The molecule has 0 fully saturated rings. The highest BCUT2D eigenvalue weighted by molar-refractivity contribution is 5.59. The molecule has 16 heavy (non-hydrogen) atoms. The minimum absolute atomic E-state index is 0.517. The van der Waals surface area contributed by atoms with Crippen LogP contribution in [0.5, 0.6) is 11.8 Å². The molecular formula is C12H14N2O2. The summed E-state index contributed by atoms with van der Waals surface area (Å²) < 4.78 is 10.4. The Morgan fingerprint density at radius 1 is 1.25 bits per heavy atom. The van der Waals surface area contributed by atoms with Crippen LogP contribution in [0.1, 0.15) is 6.92 Å². The first-order chi connectivity index (χ1) is 7.83. The van der Waals surface area contributed by atoms with E-state index in [1.165, 1.54) is 0 Å². The zero-order chi connectivity index (χ0) is 11.4. The lowest BCUT2D eigenvalue weighted by Crippen LogP contribution is -1.90. The molecule has 0 atom stereocenters. The number of H-pyrrole nitrogens is 1. The standard InChI is InChI=1S/C12H14N2O2/c1-3-16-10-6-4-9(5-7-10)11-8-13-12(14-11)15-2/h4-8H,3H2,1-2H3,(H,13,14). The van der Waals surface area contributed by atoms with Crippen molar-refractivity contribution in [1.82, 2.24) is 9.97 Å². The first-order valence-corrected chi connectivity index (χ1v) is 5.15. The highest BCUT2D eigenvalue weighted by Gasteiger charge is 2.02. The molecule has 0 aliphatic carbocycles. The molecule has 1 aromatic heterocycles. The third-order valence-corrected chi connectivity index (χ3v) is 2.22. The SMILES string of the molecule is CCOc1ccc(-c2cnc(OC)[nH]2)cc1. The number of aromatic nitrogens is 2. The molecule has 1 N–H and O–H groups in total. The third-order valence-electron chi connectivity index (χ3n) is 2.22. The van der Waals surface area contributed by atoms with E-state index in [-0.39, 0.29) is 0 Å². The molecule has 0 unspecified atom stereocenters. The molecule has 1 heterocycles. The quantitative estimate of drug-likeness (QED) is 0.857. The number of aromatic amines is 1. The van der Waals surface area contributed by atoms with E-state index < -0.39 is 0 Å². The van der Waals surface area contributed by atoms with Crippen LogP contribution in [0.25, 0.3) is 11.3 Å². The Labute approximate surface area is 94.2 Å². The molecule has 0 amide bonds. The van der Waals surface area contributed by atoms with Crippen molar-refractivity contribution in [3.05, 3.63) is 30.5 Å². The Hall–Kier alpha value is -1.97. The van der Waals surface area contributed by atoms with Crippen LogP contribution in [0.15, 0.2) is 30.5 Å². The summed E-state index contributed by atoms with van der Waals surface area (Å²) in [6.45, 7) is 2.64. The number of benzene rings is 1. The second kappa shape index (κ2) is 4.70. The zero-order valence-corrected chi connectivity index (χ0v) is 9.36. The van der Waals surface area contributed by atoms with E-state index in [0.29, 0.717) is 12.6 Å². The van der Waals surface area contributed by atoms with Crippen LogP contribution in [0, 0.1) is 0 Å². The third kappa shape index (κ3) is 2.16. The van der Waals surface area contributed by atoms with Crippen molar-refractivity contribution in [1.29, 1.82) is 0 Å². The summed E-state index contributed by atoms with van der Waals surface area (Å²) in [4.78, 5) is 7.12. The van der Waals surface area contributed by atoms with E-state index >= 15 is 0 Å². The zero-order valence-electron chi connectivity index (χ0n) is 9.36. The molecule has 0 aliphatic rings. The maximum Gasteiger partial charge on any atom is 0.293 e. The second-order valence-electron chi connectivity index (χ2n) is 3.26. The number of methoxy groups -OCH3 is 1. The number of ether oxygens (including phenoxy) is 2. The van der Waals surface area contributed by atoms with Gasteiger partial charge < -0.3 is 14.5 Å². The normalized spacial score (nSPS) is 10.1. The lowest BCUT2D eigenvalue weighted by Gasteiger charge is -2.03. The van der Waals surface area contributed by atoms with E-state index in [0.717, 1.165) is 17.0 Å². The molecule has 0 radical (unpaired) electrons. The van der Waals surface area contributed by atoms with Gasteiger partial charge in [0.15, 0.2) is 0 Å². The Bertz CT molecular complexity index is 448. The average Bonchev–Trinajstić information content (AvgIpc) is 2.79. The first-order valence-electron chi connectivity index (χ1n) is 5.15. The predicted molar refractivity (Wildman–Crippen MR) is 61.7 cm³/mol. The summed E-state index contributed by atoms with van der Waals surface area (Å²) in [5, 5.41) is 0. The molecule has 2 rings (SSSR count). The van der Waals surface area contributed by atoms with Gasteiger partial charge in [0.05, 0.1) is 25.6 Å². The molecular weight excluding hydrogens is 204 g/mol. The fourth-order valence-corrected chi connectivity index (χ4v) is 1.45. The summed E-state index contributed by atoms with van der Waals surface area (Å²) in [7, 11) is 1.58. The van der Waals surface area contributed by atoms with E-state index in [1.807, 2.05) is 31.2 Å². The van der Waals surface area contributed by atoms with E-state index in [2.05, 4.69) is 9.97 Å². The summed E-state index contributed by atoms with van der Waals surface area (Å²) in [5.41, 5.74) is 1.99. The minimum atomic E-state index is 0.517.